The van der Waals surface area contributed by atoms with Crippen molar-refractivity contribution in [3.8, 4) is 28.4 Å². The van der Waals surface area contributed by atoms with Gasteiger partial charge in [0, 0.05) is 42.2 Å². The maximum absolute atomic E-state index is 13.6. The highest BCUT2D eigenvalue weighted by Gasteiger charge is 2.23. The van der Waals surface area contributed by atoms with Gasteiger partial charge in [0.1, 0.15) is 17.2 Å². The van der Waals surface area contributed by atoms with Gasteiger partial charge in [0.05, 0.1) is 25.5 Å². The van der Waals surface area contributed by atoms with Crippen molar-refractivity contribution >= 4 is 23.2 Å². The third kappa shape index (κ3) is 5.04. The molecule has 8 nitrogen and oxygen atoms in total. The Morgan fingerprint density at radius 3 is 2.49 bits per heavy atom. The topological polar surface area (TPSA) is 85.7 Å². The maximum atomic E-state index is 13.6. The molecule has 8 heteroatoms. The van der Waals surface area contributed by atoms with Crippen LogP contribution in [0.1, 0.15) is 29.6 Å². The number of para-hydroxylation sites is 1. The van der Waals surface area contributed by atoms with Gasteiger partial charge in [-0.25, -0.2) is 4.68 Å². The van der Waals surface area contributed by atoms with Crippen LogP contribution in [0.3, 0.4) is 0 Å². The minimum Gasteiger partial charge on any atom is -0.497 e. The van der Waals surface area contributed by atoms with Crippen molar-refractivity contribution in [2.75, 3.05) is 31.0 Å². The van der Waals surface area contributed by atoms with Gasteiger partial charge in [-0.05, 0) is 55.3 Å². The number of carbonyl (C=O) groups is 2. The fraction of sp³-hybridized carbons (Fsp3) is 0.207. The summed E-state index contributed by atoms with van der Waals surface area (Å²) in [5.74, 6) is 0.959. The van der Waals surface area contributed by atoms with E-state index < -0.39 is 0 Å². The molecule has 0 atom stereocenters. The molecule has 3 aromatic carbocycles. The molecular weight excluding hydrogens is 468 g/mol. The molecule has 0 aliphatic carbocycles. The van der Waals surface area contributed by atoms with Gasteiger partial charge in [0.25, 0.3) is 5.91 Å². The summed E-state index contributed by atoms with van der Waals surface area (Å²) in [5, 5.41) is 7.75. The van der Waals surface area contributed by atoms with E-state index in [1.54, 1.807) is 42.1 Å². The number of amides is 2. The molecule has 1 N–H and O–H groups in total. The number of aromatic nitrogens is 2. The fourth-order valence-electron chi connectivity index (χ4n) is 4.48. The molecule has 0 bridgehead atoms. The molecule has 0 radical (unpaired) electrons. The van der Waals surface area contributed by atoms with Crippen LogP contribution in [0.2, 0.25) is 0 Å². The lowest BCUT2D eigenvalue weighted by atomic mass is 10.1. The summed E-state index contributed by atoms with van der Waals surface area (Å²) in [6, 6.07) is 22.4. The predicted molar refractivity (Wildman–Crippen MR) is 143 cm³/mol. The van der Waals surface area contributed by atoms with E-state index in [9.17, 15) is 9.59 Å². The van der Waals surface area contributed by atoms with Crippen molar-refractivity contribution in [1.29, 1.82) is 0 Å². The number of hydrogen-bond acceptors (Lipinski definition) is 5. The van der Waals surface area contributed by atoms with E-state index in [0.717, 1.165) is 24.2 Å². The predicted octanol–water partition coefficient (Wildman–Crippen LogP) is 5.33. The first-order valence-corrected chi connectivity index (χ1v) is 12.2. The Bertz CT molecular complexity index is 1430. The summed E-state index contributed by atoms with van der Waals surface area (Å²) in [6.45, 7) is 0.682. The van der Waals surface area contributed by atoms with Crippen molar-refractivity contribution in [3.05, 3.63) is 84.6 Å². The SMILES string of the molecule is COc1ccc(-c2nn(-c3ccccc3)cc2C(=O)Nc2cccc(N3CCCCC3=O)c2)c(OC)c1. The smallest absolute Gasteiger partial charge is 0.259 e. The highest BCUT2D eigenvalue weighted by Crippen LogP contribution is 2.35. The van der Waals surface area contributed by atoms with E-state index in [0.29, 0.717) is 47.0 Å². The fourth-order valence-corrected chi connectivity index (χ4v) is 4.48. The average molecular weight is 497 g/mol. The minimum atomic E-state index is -0.322. The van der Waals surface area contributed by atoms with Crippen LogP contribution < -0.4 is 19.7 Å². The van der Waals surface area contributed by atoms with Crippen LogP contribution in [-0.2, 0) is 4.79 Å². The van der Waals surface area contributed by atoms with Crippen LogP contribution in [0.25, 0.3) is 16.9 Å². The van der Waals surface area contributed by atoms with Gasteiger partial charge in [-0.15, -0.1) is 0 Å². The first-order valence-electron chi connectivity index (χ1n) is 12.2. The normalized spacial score (nSPS) is 13.4. The molecule has 1 aromatic heterocycles. The highest BCUT2D eigenvalue weighted by molar-refractivity contribution is 6.08. The molecule has 2 amide bonds. The number of nitrogens with one attached hydrogen (secondary N) is 1. The molecule has 1 saturated heterocycles. The van der Waals surface area contributed by atoms with E-state index in [2.05, 4.69) is 5.32 Å². The Labute approximate surface area is 215 Å². The Morgan fingerprint density at radius 2 is 1.73 bits per heavy atom. The Morgan fingerprint density at radius 1 is 0.919 bits per heavy atom. The van der Waals surface area contributed by atoms with Crippen LogP contribution in [0, 0.1) is 0 Å². The van der Waals surface area contributed by atoms with E-state index >= 15 is 0 Å². The van der Waals surface area contributed by atoms with Crippen molar-refractivity contribution in [2.45, 2.75) is 19.3 Å². The number of piperidine rings is 1. The third-order valence-corrected chi connectivity index (χ3v) is 6.38. The molecule has 188 valence electrons. The van der Waals surface area contributed by atoms with Crippen molar-refractivity contribution in [2.24, 2.45) is 0 Å². The molecule has 1 fully saturated rings. The van der Waals surface area contributed by atoms with Gasteiger partial charge in [-0.1, -0.05) is 24.3 Å². The van der Waals surface area contributed by atoms with E-state index in [1.807, 2.05) is 60.7 Å². The number of benzene rings is 3. The first-order chi connectivity index (χ1) is 18.1. The van der Waals surface area contributed by atoms with E-state index in [-0.39, 0.29) is 11.8 Å². The lowest BCUT2D eigenvalue weighted by molar-refractivity contribution is -0.119. The zero-order valence-corrected chi connectivity index (χ0v) is 20.8. The largest absolute Gasteiger partial charge is 0.497 e. The number of ether oxygens (including phenoxy) is 2. The number of hydrogen-bond donors (Lipinski definition) is 1. The molecule has 0 unspecified atom stereocenters. The van der Waals surface area contributed by atoms with Gasteiger partial charge < -0.3 is 19.7 Å². The Balaban J connectivity index is 1.52. The second kappa shape index (κ2) is 10.6. The van der Waals surface area contributed by atoms with Crippen LogP contribution in [0.15, 0.2) is 79.0 Å². The van der Waals surface area contributed by atoms with Crippen molar-refractivity contribution in [3.63, 3.8) is 0 Å². The molecule has 1 aliphatic heterocycles. The number of anilines is 2. The van der Waals surface area contributed by atoms with Crippen LogP contribution in [0.5, 0.6) is 11.5 Å². The zero-order valence-electron chi connectivity index (χ0n) is 20.8. The molecule has 1 aliphatic rings. The molecule has 0 spiro atoms. The lowest BCUT2D eigenvalue weighted by Crippen LogP contribution is -2.35. The summed E-state index contributed by atoms with van der Waals surface area (Å²) < 4.78 is 12.6. The van der Waals surface area contributed by atoms with Gasteiger partial charge in [-0.2, -0.15) is 5.10 Å². The monoisotopic (exact) mass is 496 g/mol. The van der Waals surface area contributed by atoms with Crippen LogP contribution in [0.4, 0.5) is 11.4 Å². The third-order valence-electron chi connectivity index (χ3n) is 6.38. The summed E-state index contributed by atoms with van der Waals surface area (Å²) in [5.41, 5.74) is 3.71. The number of nitrogens with zero attached hydrogens (tertiary/aromatic N) is 3. The molecular formula is C29H28N4O4. The van der Waals surface area contributed by atoms with Gasteiger partial charge in [-0.3, -0.25) is 9.59 Å². The van der Waals surface area contributed by atoms with Crippen LogP contribution in [-0.4, -0.2) is 42.4 Å². The second-order valence-corrected chi connectivity index (χ2v) is 8.74. The van der Waals surface area contributed by atoms with Gasteiger partial charge >= 0.3 is 0 Å². The van der Waals surface area contributed by atoms with Gasteiger partial charge in [0.2, 0.25) is 5.91 Å². The van der Waals surface area contributed by atoms with Gasteiger partial charge in [0.15, 0.2) is 0 Å². The first kappa shape index (κ1) is 24.1. The Kier molecular flexibility index (Phi) is 6.89. The number of rotatable bonds is 7. The number of carbonyl (C=O) groups excluding carboxylic acids is 2. The molecule has 37 heavy (non-hydrogen) atoms. The van der Waals surface area contributed by atoms with Crippen LogP contribution >= 0.6 is 0 Å². The molecule has 2 heterocycles. The zero-order chi connectivity index (χ0) is 25.8. The number of methoxy groups -OCH3 is 2. The lowest BCUT2D eigenvalue weighted by Gasteiger charge is -2.27. The van der Waals surface area contributed by atoms with Crippen molar-refractivity contribution in [1.82, 2.24) is 9.78 Å². The van der Waals surface area contributed by atoms with Crippen molar-refractivity contribution < 1.29 is 19.1 Å². The summed E-state index contributed by atoms with van der Waals surface area (Å²) >= 11 is 0. The molecule has 0 saturated carbocycles. The summed E-state index contributed by atoms with van der Waals surface area (Å²) in [7, 11) is 3.16. The van der Waals surface area contributed by atoms with E-state index in [1.165, 1.54) is 0 Å². The minimum absolute atomic E-state index is 0.104. The quantitative estimate of drug-likeness (QED) is 0.374. The average Bonchev–Trinajstić information content (AvgIpc) is 3.39. The molecule has 4 aromatic rings. The summed E-state index contributed by atoms with van der Waals surface area (Å²) in [4.78, 5) is 27.8. The second-order valence-electron chi connectivity index (χ2n) is 8.74. The molecule has 5 rings (SSSR count). The summed E-state index contributed by atoms with van der Waals surface area (Å²) in [6.07, 6.45) is 4.13. The highest BCUT2D eigenvalue weighted by atomic mass is 16.5. The van der Waals surface area contributed by atoms with E-state index in [4.69, 9.17) is 14.6 Å². The maximum Gasteiger partial charge on any atom is 0.259 e. The Hall–Kier alpha value is -4.59. The standard InChI is InChI=1S/C29H28N4O4/c1-36-23-14-15-24(26(18-23)37-2)28-25(19-33(31-28)21-10-4-3-5-11-21)29(35)30-20-9-8-12-22(17-20)32-16-7-6-13-27(32)34/h3-5,8-12,14-15,17-19H,6-7,13,16H2,1-2H3,(H,30,35).